The number of fused-ring (bicyclic) bond motifs is 1. The molecule has 126 valence electrons. The molecule has 3 rings (SSSR count). The van der Waals surface area contributed by atoms with E-state index < -0.39 is 5.82 Å². The molecule has 1 aliphatic carbocycles. The van der Waals surface area contributed by atoms with Gasteiger partial charge in [0.1, 0.15) is 18.8 Å². The highest BCUT2D eigenvalue weighted by molar-refractivity contribution is 5.78. The molecular formula is C16H21FN2O4. The van der Waals surface area contributed by atoms with Gasteiger partial charge in [-0.1, -0.05) is 0 Å². The van der Waals surface area contributed by atoms with Gasteiger partial charge in [0.05, 0.1) is 12.6 Å². The molecule has 2 heterocycles. The van der Waals surface area contributed by atoms with Crippen molar-refractivity contribution in [3.8, 4) is 5.88 Å². The van der Waals surface area contributed by atoms with Gasteiger partial charge < -0.3 is 19.1 Å². The van der Waals surface area contributed by atoms with Crippen LogP contribution in [0.3, 0.4) is 0 Å². The fraction of sp³-hybridized carbons (Fsp3) is 0.625. The van der Waals surface area contributed by atoms with Crippen molar-refractivity contribution in [1.82, 2.24) is 9.88 Å². The number of halogens is 1. The van der Waals surface area contributed by atoms with E-state index in [0.717, 1.165) is 6.42 Å². The van der Waals surface area contributed by atoms with Crippen LogP contribution in [0.1, 0.15) is 19.8 Å². The van der Waals surface area contributed by atoms with E-state index in [1.807, 2.05) is 11.8 Å². The highest BCUT2D eigenvalue weighted by Gasteiger charge is 2.45. The zero-order valence-electron chi connectivity index (χ0n) is 13.1. The van der Waals surface area contributed by atoms with E-state index >= 15 is 0 Å². The lowest BCUT2D eigenvalue weighted by Crippen LogP contribution is -2.55. The van der Waals surface area contributed by atoms with Crippen molar-refractivity contribution < 1.29 is 23.4 Å². The molecule has 1 saturated carbocycles. The van der Waals surface area contributed by atoms with Crippen LogP contribution < -0.4 is 4.74 Å². The Bertz CT molecular complexity index is 557. The fourth-order valence-electron chi connectivity index (χ4n) is 3.23. The van der Waals surface area contributed by atoms with Crippen LogP contribution in [0.5, 0.6) is 5.88 Å². The number of carbonyl (C=O) groups excluding carboxylic acids is 1. The molecule has 7 heteroatoms. The zero-order valence-corrected chi connectivity index (χ0v) is 13.1. The molecule has 0 bridgehead atoms. The summed E-state index contributed by atoms with van der Waals surface area (Å²) in [5, 5.41) is 0. The van der Waals surface area contributed by atoms with E-state index in [1.165, 1.54) is 18.3 Å². The van der Waals surface area contributed by atoms with Gasteiger partial charge in [-0.05, 0) is 31.9 Å². The van der Waals surface area contributed by atoms with Gasteiger partial charge in [-0.25, -0.2) is 9.37 Å². The third kappa shape index (κ3) is 3.45. The summed E-state index contributed by atoms with van der Waals surface area (Å²) < 4.78 is 30.4. The molecule has 0 spiro atoms. The molecule has 3 atom stereocenters. The molecule has 1 aromatic heterocycles. The SMILES string of the molecule is CCOCC(=O)N1CCO[C@H]2[C@@H](Oc3ncccc3F)CC[C@@H]21. The first-order valence-corrected chi connectivity index (χ1v) is 7.96. The fourth-order valence-corrected chi connectivity index (χ4v) is 3.23. The Hall–Kier alpha value is -1.73. The van der Waals surface area contributed by atoms with Crippen LogP contribution in [-0.2, 0) is 14.3 Å². The Labute approximate surface area is 134 Å². The van der Waals surface area contributed by atoms with Gasteiger partial charge in [-0.2, -0.15) is 0 Å². The molecule has 1 amide bonds. The Balaban J connectivity index is 1.66. The van der Waals surface area contributed by atoms with Crippen molar-refractivity contribution in [3.05, 3.63) is 24.1 Å². The zero-order chi connectivity index (χ0) is 16.2. The number of pyridine rings is 1. The van der Waals surface area contributed by atoms with E-state index in [4.69, 9.17) is 14.2 Å². The number of ether oxygens (including phenoxy) is 3. The van der Waals surface area contributed by atoms with Crippen molar-refractivity contribution in [2.45, 2.75) is 38.0 Å². The second-order valence-corrected chi connectivity index (χ2v) is 5.65. The number of aromatic nitrogens is 1. The molecule has 1 aromatic rings. The lowest BCUT2D eigenvalue weighted by molar-refractivity contribution is -0.152. The molecule has 2 aliphatic rings. The van der Waals surface area contributed by atoms with Crippen LogP contribution in [0, 0.1) is 5.82 Å². The van der Waals surface area contributed by atoms with Crippen molar-refractivity contribution in [2.24, 2.45) is 0 Å². The lowest BCUT2D eigenvalue weighted by atomic mass is 10.1. The van der Waals surface area contributed by atoms with E-state index in [1.54, 1.807) is 0 Å². The highest BCUT2D eigenvalue weighted by atomic mass is 19.1. The molecule has 0 aromatic carbocycles. The van der Waals surface area contributed by atoms with E-state index in [9.17, 15) is 9.18 Å². The minimum absolute atomic E-state index is 0.0143. The Morgan fingerprint density at radius 2 is 2.39 bits per heavy atom. The normalized spacial score (nSPS) is 26.9. The summed E-state index contributed by atoms with van der Waals surface area (Å²) in [5.74, 6) is -0.537. The molecule has 1 saturated heterocycles. The van der Waals surface area contributed by atoms with Crippen molar-refractivity contribution in [2.75, 3.05) is 26.4 Å². The summed E-state index contributed by atoms with van der Waals surface area (Å²) in [4.78, 5) is 18.0. The third-order valence-corrected chi connectivity index (χ3v) is 4.27. The second kappa shape index (κ2) is 7.23. The van der Waals surface area contributed by atoms with Crippen LogP contribution >= 0.6 is 0 Å². The van der Waals surface area contributed by atoms with Gasteiger partial charge in [-0.3, -0.25) is 4.79 Å². The Kier molecular flexibility index (Phi) is 5.07. The highest BCUT2D eigenvalue weighted by Crippen LogP contribution is 2.33. The number of amides is 1. The summed E-state index contributed by atoms with van der Waals surface area (Å²) in [5.41, 5.74) is 0. The average Bonchev–Trinajstić information content (AvgIpc) is 2.98. The second-order valence-electron chi connectivity index (χ2n) is 5.65. The van der Waals surface area contributed by atoms with Crippen molar-refractivity contribution >= 4 is 5.91 Å². The number of hydrogen-bond acceptors (Lipinski definition) is 5. The van der Waals surface area contributed by atoms with Gasteiger partial charge in [0.2, 0.25) is 5.91 Å². The smallest absolute Gasteiger partial charge is 0.250 e. The Morgan fingerprint density at radius 3 is 3.17 bits per heavy atom. The summed E-state index contributed by atoms with van der Waals surface area (Å²) >= 11 is 0. The van der Waals surface area contributed by atoms with Gasteiger partial charge in [0, 0.05) is 19.3 Å². The summed E-state index contributed by atoms with van der Waals surface area (Å²) in [6.07, 6.45) is 2.40. The first-order chi connectivity index (χ1) is 11.2. The maximum absolute atomic E-state index is 13.7. The van der Waals surface area contributed by atoms with Gasteiger partial charge >= 0.3 is 0 Å². The molecule has 1 aliphatic heterocycles. The number of carbonyl (C=O) groups is 1. The van der Waals surface area contributed by atoms with Crippen LogP contribution in [0.2, 0.25) is 0 Å². The van der Waals surface area contributed by atoms with Crippen LogP contribution in [0.25, 0.3) is 0 Å². The average molecular weight is 324 g/mol. The van der Waals surface area contributed by atoms with Crippen LogP contribution in [-0.4, -0.2) is 60.4 Å². The largest absolute Gasteiger partial charge is 0.469 e. The molecule has 0 unspecified atom stereocenters. The number of rotatable bonds is 5. The van der Waals surface area contributed by atoms with Gasteiger partial charge in [-0.15, -0.1) is 0 Å². The van der Waals surface area contributed by atoms with Gasteiger partial charge in [0.25, 0.3) is 5.88 Å². The summed E-state index contributed by atoms with van der Waals surface area (Å²) in [7, 11) is 0. The quantitative estimate of drug-likeness (QED) is 0.819. The van der Waals surface area contributed by atoms with E-state index in [2.05, 4.69) is 4.98 Å². The molecule has 0 N–H and O–H groups in total. The summed E-state index contributed by atoms with van der Waals surface area (Å²) in [6.45, 7) is 3.45. The number of nitrogens with zero attached hydrogens (tertiary/aromatic N) is 2. The van der Waals surface area contributed by atoms with Crippen LogP contribution in [0.4, 0.5) is 4.39 Å². The number of hydrogen-bond donors (Lipinski definition) is 0. The van der Waals surface area contributed by atoms with Gasteiger partial charge in [0.15, 0.2) is 5.82 Å². The predicted molar refractivity (Wildman–Crippen MR) is 79.6 cm³/mol. The lowest BCUT2D eigenvalue weighted by Gasteiger charge is -2.38. The third-order valence-electron chi connectivity index (χ3n) is 4.27. The monoisotopic (exact) mass is 324 g/mol. The molecule has 2 fully saturated rings. The van der Waals surface area contributed by atoms with Crippen LogP contribution in [0.15, 0.2) is 18.3 Å². The molecular weight excluding hydrogens is 303 g/mol. The number of morpholine rings is 1. The minimum Gasteiger partial charge on any atom is -0.469 e. The minimum atomic E-state index is -0.490. The van der Waals surface area contributed by atoms with E-state index in [0.29, 0.717) is 26.2 Å². The molecule has 6 nitrogen and oxygen atoms in total. The first kappa shape index (κ1) is 16.1. The Morgan fingerprint density at radius 1 is 1.52 bits per heavy atom. The maximum atomic E-state index is 13.7. The molecule has 23 heavy (non-hydrogen) atoms. The predicted octanol–water partition coefficient (Wildman–Crippen LogP) is 1.39. The standard InChI is InChI=1S/C16H21FN2O4/c1-2-21-10-14(20)19-8-9-22-15-12(19)5-6-13(15)23-16-11(17)4-3-7-18-16/h3-4,7,12-13,15H,2,5-6,8-10H2,1H3/t12-,13-,15+/m0/s1. The first-order valence-electron chi connectivity index (χ1n) is 7.96. The maximum Gasteiger partial charge on any atom is 0.250 e. The topological polar surface area (TPSA) is 60.9 Å². The van der Waals surface area contributed by atoms with E-state index in [-0.39, 0.29) is 36.6 Å². The van der Waals surface area contributed by atoms with Crippen molar-refractivity contribution in [3.63, 3.8) is 0 Å². The van der Waals surface area contributed by atoms with Crippen molar-refractivity contribution in [1.29, 1.82) is 0 Å². The molecule has 0 radical (unpaired) electrons. The summed E-state index contributed by atoms with van der Waals surface area (Å²) in [6, 6.07) is 2.78.